The molecule has 1 N–H and O–H groups in total. The molecule has 108 valence electrons. The molecule has 1 aromatic rings. The van der Waals surface area contributed by atoms with Crippen LogP contribution in [0.15, 0.2) is 16.7 Å². The molecule has 19 heavy (non-hydrogen) atoms. The molecule has 0 aromatic carbocycles. The standard InChI is InChI=1S/C13H19F3N2O/c1-10-3-5-19-12(10)7-17-6-11-2-4-18(8-11)9-13(14,15)16/h3,5,11,17H,2,4,6-9H2,1H3. The zero-order valence-electron chi connectivity index (χ0n) is 11.0. The number of hydrogen-bond donors (Lipinski definition) is 1. The topological polar surface area (TPSA) is 28.4 Å². The van der Waals surface area contributed by atoms with Crippen LogP contribution in [-0.4, -0.2) is 37.3 Å². The van der Waals surface area contributed by atoms with Crippen LogP contribution in [0.25, 0.3) is 0 Å². The Morgan fingerprint density at radius 1 is 1.47 bits per heavy atom. The Bertz CT molecular complexity index is 403. The van der Waals surface area contributed by atoms with E-state index in [-0.39, 0.29) is 5.92 Å². The summed E-state index contributed by atoms with van der Waals surface area (Å²) in [7, 11) is 0. The molecule has 0 aliphatic carbocycles. The predicted molar refractivity (Wildman–Crippen MR) is 65.8 cm³/mol. The van der Waals surface area contributed by atoms with E-state index in [1.165, 1.54) is 4.90 Å². The Kier molecular flexibility index (Phi) is 4.52. The van der Waals surface area contributed by atoms with Gasteiger partial charge in [-0.2, -0.15) is 13.2 Å². The van der Waals surface area contributed by atoms with Crippen molar-refractivity contribution in [1.29, 1.82) is 0 Å². The summed E-state index contributed by atoms with van der Waals surface area (Å²) in [5.74, 6) is 1.18. The molecule has 3 nitrogen and oxygen atoms in total. The third-order valence-electron chi connectivity index (χ3n) is 3.46. The second kappa shape index (κ2) is 5.96. The molecular formula is C13H19F3N2O. The molecule has 1 fully saturated rings. The third-order valence-corrected chi connectivity index (χ3v) is 3.46. The van der Waals surface area contributed by atoms with Crippen LogP contribution in [-0.2, 0) is 6.54 Å². The quantitative estimate of drug-likeness (QED) is 0.896. The van der Waals surface area contributed by atoms with Gasteiger partial charge in [0.15, 0.2) is 0 Å². The molecule has 1 atom stereocenters. The Balaban J connectivity index is 1.67. The minimum Gasteiger partial charge on any atom is -0.468 e. The summed E-state index contributed by atoms with van der Waals surface area (Å²) in [6.45, 7) is 3.60. The van der Waals surface area contributed by atoms with Gasteiger partial charge in [-0.1, -0.05) is 0 Å². The molecule has 0 bridgehead atoms. The van der Waals surface area contributed by atoms with E-state index in [1.54, 1.807) is 6.26 Å². The Morgan fingerprint density at radius 3 is 2.89 bits per heavy atom. The van der Waals surface area contributed by atoms with Crippen molar-refractivity contribution in [1.82, 2.24) is 10.2 Å². The van der Waals surface area contributed by atoms with Crippen molar-refractivity contribution < 1.29 is 17.6 Å². The molecule has 6 heteroatoms. The maximum Gasteiger partial charge on any atom is 0.401 e. The number of likely N-dealkylation sites (tertiary alicyclic amines) is 1. The fourth-order valence-electron chi connectivity index (χ4n) is 2.45. The van der Waals surface area contributed by atoms with E-state index in [4.69, 9.17) is 4.42 Å². The van der Waals surface area contributed by atoms with Crippen molar-refractivity contribution in [3.05, 3.63) is 23.7 Å². The van der Waals surface area contributed by atoms with E-state index in [9.17, 15) is 13.2 Å². The van der Waals surface area contributed by atoms with Gasteiger partial charge in [-0.05, 0) is 44.0 Å². The van der Waals surface area contributed by atoms with Crippen LogP contribution in [0.5, 0.6) is 0 Å². The van der Waals surface area contributed by atoms with E-state index in [0.717, 1.165) is 24.3 Å². The van der Waals surface area contributed by atoms with Gasteiger partial charge in [-0.15, -0.1) is 0 Å². The second-order valence-corrected chi connectivity index (χ2v) is 5.16. The van der Waals surface area contributed by atoms with Gasteiger partial charge in [0.2, 0.25) is 0 Å². The van der Waals surface area contributed by atoms with Crippen molar-refractivity contribution in [3.8, 4) is 0 Å². The highest BCUT2D eigenvalue weighted by Crippen LogP contribution is 2.22. The van der Waals surface area contributed by atoms with Gasteiger partial charge in [0, 0.05) is 6.54 Å². The van der Waals surface area contributed by atoms with Crippen LogP contribution in [0.1, 0.15) is 17.7 Å². The van der Waals surface area contributed by atoms with Crippen LogP contribution in [0, 0.1) is 12.8 Å². The lowest BCUT2D eigenvalue weighted by atomic mass is 10.1. The first kappa shape index (κ1) is 14.4. The van der Waals surface area contributed by atoms with Crippen molar-refractivity contribution in [3.63, 3.8) is 0 Å². The molecule has 0 radical (unpaired) electrons. The number of halogens is 3. The number of hydrogen-bond acceptors (Lipinski definition) is 3. The fraction of sp³-hybridized carbons (Fsp3) is 0.692. The van der Waals surface area contributed by atoms with Gasteiger partial charge >= 0.3 is 6.18 Å². The zero-order valence-corrected chi connectivity index (χ0v) is 11.0. The Labute approximate surface area is 110 Å². The summed E-state index contributed by atoms with van der Waals surface area (Å²) in [6, 6.07) is 1.90. The SMILES string of the molecule is Cc1ccoc1CNCC1CCN(CC(F)(F)F)C1. The molecule has 0 amide bonds. The molecule has 0 saturated carbocycles. The molecule has 2 rings (SSSR count). The summed E-state index contributed by atoms with van der Waals surface area (Å²) >= 11 is 0. The average molecular weight is 276 g/mol. The minimum atomic E-state index is -4.09. The van der Waals surface area contributed by atoms with E-state index in [1.807, 2.05) is 13.0 Å². The van der Waals surface area contributed by atoms with E-state index < -0.39 is 12.7 Å². The molecular weight excluding hydrogens is 257 g/mol. The Hall–Kier alpha value is -1.01. The lowest BCUT2D eigenvalue weighted by Crippen LogP contribution is -2.33. The van der Waals surface area contributed by atoms with Gasteiger partial charge in [-0.25, -0.2) is 0 Å². The van der Waals surface area contributed by atoms with E-state index >= 15 is 0 Å². The van der Waals surface area contributed by atoms with Crippen LogP contribution in [0.4, 0.5) is 13.2 Å². The summed E-state index contributed by atoms with van der Waals surface area (Å²) in [6.07, 6.45) is -1.62. The highest BCUT2D eigenvalue weighted by molar-refractivity contribution is 5.14. The summed E-state index contributed by atoms with van der Waals surface area (Å²) < 4.78 is 42.0. The molecule has 1 aliphatic rings. The van der Waals surface area contributed by atoms with Gasteiger partial charge in [-0.3, -0.25) is 4.90 Å². The number of furan rings is 1. The molecule has 1 saturated heterocycles. The molecule has 1 aromatic heterocycles. The largest absolute Gasteiger partial charge is 0.468 e. The van der Waals surface area contributed by atoms with Crippen molar-refractivity contribution in [2.24, 2.45) is 5.92 Å². The lowest BCUT2D eigenvalue weighted by Gasteiger charge is -2.17. The first-order chi connectivity index (χ1) is 8.94. The maximum atomic E-state index is 12.2. The summed E-state index contributed by atoms with van der Waals surface area (Å²) in [5, 5.41) is 3.25. The smallest absolute Gasteiger partial charge is 0.401 e. The highest BCUT2D eigenvalue weighted by atomic mass is 19.4. The third kappa shape index (κ3) is 4.54. The fourth-order valence-corrected chi connectivity index (χ4v) is 2.45. The van der Waals surface area contributed by atoms with Crippen molar-refractivity contribution in [2.45, 2.75) is 26.1 Å². The van der Waals surface area contributed by atoms with E-state index in [0.29, 0.717) is 19.6 Å². The highest BCUT2D eigenvalue weighted by Gasteiger charge is 2.34. The number of alkyl halides is 3. The molecule has 1 unspecified atom stereocenters. The van der Waals surface area contributed by atoms with Gasteiger partial charge < -0.3 is 9.73 Å². The second-order valence-electron chi connectivity index (χ2n) is 5.16. The number of nitrogens with one attached hydrogen (secondary N) is 1. The predicted octanol–water partition coefficient (Wildman–Crippen LogP) is 2.56. The Morgan fingerprint density at radius 2 is 2.26 bits per heavy atom. The monoisotopic (exact) mass is 276 g/mol. The van der Waals surface area contributed by atoms with Crippen LogP contribution in [0.3, 0.4) is 0 Å². The maximum absolute atomic E-state index is 12.2. The first-order valence-corrected chi connectivity index (χ1v) is 6.47. The normalized spacial score (nSPS) is 21.2. The van der Waals surface area contributed by atoms with Crippen molar-refractivity contribution in [2.75, 3.05) is 26.2 Å². The minimum absolute atomic E-state index is 0.289. The van der Waals surface area contributed by atoms with Crippen LogP contribution < -0.4 is 5.32 Å². The van der Waals surface area contributed by atoms with Gasteiger partial charge in [0.05, 0.1) is 19.4 Å². The van der Waals surface area contributed by atoms with Crippen molar-refractivity contribution >= 4 is 0 Å². The zero-order chi connectivity index (χ0) is 13.9. The number of rotatable bonds is 5. The van der Waals surface area contributed by atoms with Crippen LogP contribution >= 0.6 is 0 Å². The number of aryl methyl sites for hydroxylation is 1. The first-order valence-electron chi connectivity index (χ1n) is 6.47. The van der Waals surface area contributed by atoms with E-state index in [2.05, 4.69) is 5.32 Å². The lowest BCUT2D eigenvalue weighted by molar-refractivity contribution is -0.143. The molecule has 1 aliphatic heterocycles. The van der Waals surface area contributed by atoms with Gasteiger partial charge in [0.25, 0.3) is 0 Å². The molecule has 0 spiro atoms. The van der Waals surface area contributed by atoms with Gasteiger partial charge in [0.1, 0.15) is 5.76 Å². The summed E-state index contributed by atoms with van der Waals surface area (Å²) in [5.41, 5.74) is 1.10. The van der Waals surface area contributed by atoms with Crippen LogP contribution in [0.2, 0.25) is 0 Å². The molecule has 2 heterocycles. The average Bonchev–Trinajstić information content (AvgIpc) is 2.87. The number of nitrogens with zero attached hydrogens (tertiary/aromatic N) is 1. The summed E-state index contributed by atoms with van der Waals surface area (Å²) in [4.78, 5) is 1.48.